The van der Waals surface area contributed by atoms with Crippen molar-refractivity contribution in [2.45, 2.75) is 44.6 Å². The van der Waals surface area contributed by atoms with Crippen LogP contribution in [0.4, 0.5) is 0 Å². The highest BCUT2D eigenvalue weighted by Crippen LogP contribution is 2.38. The predicted octanol–water partition coefficient (Wildman–Crippen LogP) is 6.01. The summed E-state index contributed by atoms with van der Waals surface area (Å²) < 4.78 is 6.40. The number of carbonyl (C=O) groups excluding carboxylic acids is 1. The van der Waals surface area contributed by atoms with E-state index >= 15 is 0 Å². The predicted molar refractivity (Wildman–Crippen MR) is 137 cm³/mol. The van der Waals surface area contributed by atoms with Crippen molar-refractivity contribution in [3.8, 4) is 0 Å². The summed E-state index contributed by atoms with van der Waals surface area (Å²) in [5.41, 5.74) is 2.08. The lowest BCUT2D eigenvalue weighted by atomic mass is 9.85. The highest BCUT2D eigenvalue weighted by Gasteiger charge is 2.40. The third kappa shape index (κ3) is 5.97. The third-order valence-electron chi connectivity index (χ3n) is 5.95. The average molecular weight is 458 g/mol. The number of unbranched alkanes of at least 4 members (excludes halogenated alkanes) is 4. The van der Waals surface area contributed by atoms with Crippen LogP contribution in [-0.2, 0) is 10.3 Å². The zero-order valence-corrected chi connectivity index (χ0v) is 20.3. The maximum Gasteiger partial charge on any atom is 0.253 e. The second-order valence-electron chi connectivity index (χ2n) is 8.34. The van der Waals surface area contributed by atoms with Crippen molar-refractivity contribution >= 4 is 5.91 Å². The van der Waals surface area contributed by atoms with Gasteiger partial charge in [0.25, 0.3) is 5.91 Å². The van der Waals surface area contributed by atoms with E-state index in [9.17, 15) is 4.79 Å². The molecule has 3 rings (SSSR count). The number of aromatic nitrogens is 2. The Hall–Kier alpha value is -3.31. The maximum absolute atomic E-state index is 13.0. The van der Waals surface area contributed by atoms with E-state index in [-0.39, 0.29) is 5.91 Å². The Balaban J connectivity index is 1.83. The van der Waals surface area contributed by atoms with Crippen LogP contribution in [0.3, 0.4) is 0 Å². The summed E-state index contributed by atoms with van der Waals surface area (Å²) in [6, 6.07) is 19.2. The minimum atomic E-state index is -0.962. The van der Waals surface area contributed by atoms with E-state index in [4.69, 9.17) is 4.74 Å². The normalized spacial score (nSPS) is 11.2. The maximum atomic E-state index is 13.0. The zero-order valence-electron chi connectivity index (χ0n) is 20.3. The van der Waals surface area contributed by atoms with Crippen LogP contribution >= 0.6 is 0 Å². The van der Waals surface area contributed by atoms with E-state index in [1.165, 1.54) is 6.42 Å². The monoisotopic (exact) mass is 457 g/mol. The van der Waals surface area contributed by atoms with Crippen LogP contribution in [0.25, 0.3) is 0 Å². The number of ether oxygens (including phenoxy) is 1. The molecule has 3 aromatic rings. The number of rotatable bonds is 13. The lowest BCUT2D eigenvalue weighted by Crippen LogP contribution is -2.35. The Labute approximate surface area is 203 Å². The van der Waals surface area contributed by atoms with Crippen molar-refractivity contribution in [2.75, 3.05) is 20.2 Å². The number of pyridine rings is 2. The second kappa shape index (κ2) is 12.8. The summed E-state index contributed by atoms with van der Waals surface area (Å²) >= 11 is 0. The first-order valence-electron chi connectivity index (χ1n) is 12.1. The van der Waals surface area contributed by atoms with Gasteiger partial charge in [0.15, 0.2) is 5.60 Å². The van der Waals surface area contributed by atoms with Gasteiger partial charge in [0.05, 0.1) is 11.4 Å². The first-order chi connectivity index (χ1) is 16.6. The van der Waals surface area contributed by atoms with Crippen molar-refractivity contribution in [3.63, 3.8) is 0 Å². The fourth-order valence-electron chi connectivity index (χ4n) is 4.18. The SMILES string of the molecule is C=CCCCCCCN(C)C(=O)c1ccc(C(OCC)(c2ccccn2)c2ccccn2)cc1. The van der Waals surface area contributed by atoms with Crippen LogP contribution < -0.4 is 0 Å². The summed E-state index contributed by atoms with van der Waals surface area (Å²) in [7, 11) is 1.87. The third-order valence-corrected chi connectivity index (χ3v) is 5.95. The van der Waals surface area contributed by atoms with Gasteiger partial charge in [0.2, 0.25) is 0 Å². The number of hydrogen-bond acceptors (Lipinski definition) is 4. The number of benzene rings is 1. The Bertz CT molecular complexity index is 981. The van der Waals surface area contributed by atoms with E-state index < -0.39 is 5.60 Å². The zero-order chi connectivity index (χ0) is 24.2. The molecule has 1 aromatic carbocycles. The summed E-state index contributed by atoms with van der Waals surface area (Å²) in [5, 5.41) is 0. The van der Waals surface area contributed by atoms with Gasteiger partial charge in [-0.3, -0.25) is 14.8 Å². The van der Waals surface area contributed by atoms with E-state index in [1.807, 2.05) is 80.7 Å². The molecule has 0 aliphatic carbocycles. The molecule has 0 saturated heterocycles. The van der Waals surface area contributed by atoms with Crippen LogP contribution in [0.5, 0.6) is 0 Å². The lowest BCUT2D eigenvalue weighted by molar-refractivity contribution is 0.0151. The Morgan fingerprint density at radius 1 is 0.941 bits per heavy atom. The lowest BCUT2D eigenvalue weighted by Gasteiger charge is -2.33. The van der Waals surface area contributed by atoms with Crippen molar-refractivity contribution in [1.82, 2.24) is 14.9 Å². The Kier molecular flexibility index (Phi) is 9.53. The Morgan fingerprint density at radius 3 is 2.09 bits per heavy atom. The summed E-state index contributed by atoms with van der Waals surface area (Å²) in [6.07, 6.45) is 11.0. The number of allylic oxidation sites excluding steroid dienone is 1. The molecule has 0 saturated carbocycles. The minimum Gasteiger partial charge on any atom is -0.358 e. The molecule has 34 heavy (non-hydrogen) atoms. The molecule has 2 aromatic heterocycles. The number of carbonyl (C=O) groups is 1. The second-order valence-corrected chi connectivity index (χ2v) is 8.34. The molecule has 0 unspecified atom stereocenters. The van der Waals surface area contributed by atoms with Crippen molar-refractivity contribution < 1.29 is 9.53 Å². The highest BCUT2D eigenvalue weighted by molar-refractivity contribution is 5.94. The van der Waals surface area contributed by atoms with E-state index in [2.05, 4.69) is 16.5 Å². The molecule has 5 nitrogen and oxygen atoms in total. The molecule has 5 heteroatoms. The van der Waals surface area contributed by atoms with Gasteiger partial charge in [-0.05, 0) is 68.1 Å². The summed E-state index contributed by atoms with van der Waals surface area (Å²) in [4.78, 5) is 24.0. The molecule has 178 valence electrons. The van der Waals surface area contributed by atoms with E-state index in [0.717, 1.165) is 49.2 Å². The fourth-order valence-corrected chi connectivity index (χ4v) is 4.18. The van der Waals surface area contributed by atoms with Crippen molar-refractivity contribution in [3.05, 3.63) is 108 Å². The van der Waals surface area contributed by atoms with Gasteiger partial charge in [-0.1, -0.05) is 43.2 Å². The van der Waals surface area contributed by atoms with Crippen molar-refractivity contribution in [1.29, 1.82) is 0 Å². The van der Waals surface area contributed by atoms with Gasteiger partial charge in [-0.15, -0.1) is 6.58 Å². The average Bonchev–Trinajstić information content (AvgIpc) is 2.90. The van der Waals surface area contributed by atoms with Crippen LogP contribution in [0.15, 0.2) is 85.7 Å². The summed E-state index contributed by atoms with van der Waals surface area (Å²) in [5.74, 6) is 0.0234. The molecule has 0 aliphatic rings. The van der Waals surface area contributed by atoms with Gasteiger partial charge < -0.3 is 9.64 Å². The molecule has 0 bridgehead atoms. The molecule has 0 aliphatic heterocycles. The largest absolute Gasteiger partial charge is 0.358 e. The molecule has 0 atom stereocenters. The Morgan fingerprint density at radius 2 is 1.56 bits per heavy atom. The highest BCUT2D eigenvalue weighted by atomic mass is 16.5. The van der Waals surface area contributed by atoms with Gasteiger partial charge >= 0.3 is 0 Å². The summed E-state index contributed by atoms with van der Waals surface area (Å²) in [6.45, 7) is 6.95. The smallest absolute Gasteiger partial charge is 0.253 e. The van der Waals surface area contributed by atoms with Gasteiger partial charge in [-0.2, -0.15) is 0 Å². The van der Waals surface area contributed by atoms with Crippen LogP contribution in [0.1, 0.15) is 66.3 Å². The van der Waals surface area contributed by atoms with E-state index in [1.54, 1.807) is 17.3 Å². The van der Waals surface area contributed by atoms with Crippen molar-refractivity contribution in [2.24, 2.45) is 0 Å². The van der Waals surface area contributed by atoms with Crippen LogP contribution in [0, 0.1) is 0 Å². The molecule has 0 radical (unpaired) electrons. The standard InChI is InChI=1S/C29H35N3O2/c1-4-6-7-8-9-14-23-32(3)28(33)24-17-19-25(20-18-24)29(34-5-2,26-15-10-12-21-30-26)27-16-11-13-22-31-27/h4,10-13,15-22H,1,5-9,14,23H2,2-3H3. The molecular formula is C29H35N3O2. The molecule has 2 heterocycles. The van der Waals surface area contributed by atoms with Gasteiger partial charge in [-0.25, -0.2) is 0 Å². The first kappa shape index (κ1) is 25.3. The minimum absolute atomic E-state index is 0.0234. The van der Waals surface area contributed by atoms with Gasteiger partial charge in [0.1, 0.15) is 0 Å². The molecule has 1 amide bonds. The first-order valence-corrected chi connectivity index (χ1v) is 12.1. The van der Waals surface area contributed by atoms with Gasteiger partial charge in [0, 0.05) is 38.2 Å². The van der Waals surface area contributed by atoms with Crippen LogP contribution in [-0.4, -0.2) is 41.0 Å². The number of hydrogen-bond donors (Lipinski definition) is 0. The number of nitrogens with zero attached hydrogens (tertiary/aromatic N) is 3. The molecule has 0 spiro atoms. The molecular weight excluding hydrogens is 422 g/mol. The van der Waals surface area contributed by atoms with Crippen LogP contribution in [0.2, 0.25) is 0 Å². The number of amides is 1. The van der Waals surface area contributed by atoms with E-state index in [0.29, 0.717) is 12.2 Å². The fraction of sp³-hybridized carbons (Fsp3) is 0.345. The molecule has 0 fully saturated rings. The quantitative estimate of drug-likeness (QED) is 0.233. The topological polar surface area (TPSA) is 55.3 Å². The molecule has 0 N–H and O–H groups in total.